The van der Waals surface area contributed by atoms with Gasteiger partial charge in [0.2, 0.25) is 0 Å². The summed E-state index contributed by atoms with van der Waals surface area (Å²) in [6.45, 7) is 3.98. The number of anilines is 1. The van der Waals surface area contributed by atoms with E-state index in [0.717, 1.165) is 43.1 Å². The first-order valence-electron chi connectivity index (χ1n) is 7.53. The first-order valence-corrected chi connectivity index (χ1v) is 7.53. The van der Waals surface area contributed by atoms with E-state index in [-0.39, 0.29) is 0 Å². The summed E-state index contributed by atoms with van der Waals surface area (Å²) in [5.74, 6) is 0.649. The summed E-state index contributed by atoms with van der Waals surface area (Å²) < 4.78 is 7.28. The van der Waals surface area contributed by atoms with E-state index >= 15 is 0 Å². The molecule has 1 aliphatic rings. The molecule has 3 rings (SSSR count). The smallest absolute Gasteiger partial charge is 0.134 e. The maximum atomic E-state index is 5.44. The number of hydrogen-bond acceptors (Lipinski definition) is 4. The van der Waals surface area contributed by atoms with Gasteiger partial charge in [0.15, 0.2) is 0 Å². The number of aromatic nitrogens is 3. The fourth-order valence-electron chi connectivity index (χ4n) is 2.87. The van der Waals surface area contributed by atoms with Crippen LogP contribution < -0.4 is 5.32 Å². The molecule has 112 valence electrons. The van der Waals surface area contributed by atoms with Crippen molar-refractivity contribution in [2.75, 3.05) is 18.5 Å². The van der Waals surface area contributed by atoms with Crippen molar-refractivity contribution in [3.63, 3.8) is 0 Å². The highest BCUT2D eigenvalue weighted by Crippen LogP contribution is 2.28. The second-order valence-electron chi connectivity index (χ2n) is 5.66. The van der Waals surface area contributed by atoms with Crippen molar-refractivity contribution in [1.29, 1.82) is 0 Å². The average Bonchev–Trinajstić information content (AvgIpc) is 2.89. The molecule has 5 heteroatoms. The summed E-state index contributed by atoms with van der Waals surface area (Å²) >= 11 is 0. The van der Waals surface area contributed by atoms with Crippen molar-refractivity contribution in [1.82, 2.24) is 14.8 Å². The lowest BCUT2D eigenvalue weighted by Gasteiger charge is -2.28. The molecule has 1 fully saturated rings. The molecule has 2 aromatic heterocycles. The molecule has 3 heterocycles. The maximum absolute atomic E-state index is 5.44. The molecule has 21 heavy (non-hydrogen) atoms. The van der Waals surface area contributed by atoms with E-state index in [1.54, 1.807) is 6.20 Å². The standard InChI is InChI=1S/C16H22N4O/c1-12(13-6-9-21-10-7-13)18-15-11-20(2)19-16(15)14-5-3-4-8-17-14/h3-5,8,11-13,18H,6-7,9-10H2,1-2H3. The lowest BCUT2D eigenvalue weighted by molar-refractivity contribution is 0.0622. The van der Waals surface area contributed by atoms with E-state index in [4.69, 9.17) is 4.74 Å². The predicted molar refractivity (Wildman–Crippen MR) is 83.1 cm³/mol. The molecule has 0 spiro atoms. The Hall–Kier alpha value is -1.88. The third-order valence-electron chi connectivity index (χ3n) is 4.09. The largest absolute Gasteiger partial charge is 0.381 e. The van der Waals surface area contributed by atoms with E-state index in [0.29, 0.717) is 12.0 Å². The van der Waals surface area contributed by atoms with Crippen LogP contribution in [0.5, 0.6) is 0 Å². The summed E-state index contributed by atoms with van der Waals surface area (Å²) in [4.78, 5) is 4.41. The predicted octanol–water partition coefficient (Wildman–Crippen LogP) is 2.71. The van der Waals surface area contributed by atoms with E-state index in [9.17, 15) is 0 Å². The molecule has 1 N–H and O–H groups in total. The van der Waals surface area contributed by atoms with Crippen LogP contribution in [0.2, 0.25) is 0 Å². The van der Waals surface area contributed by atoms with Crippen LogP contribution in [0.3, 0.4) is 0 Å². The first kappa shape index (κ1) is 14.1. The normalized spacial score (nSPS) is 17.6. The van der Waals surface area contributed by atoms with Gasteiger partial charge in [0, 0.05) is 38.7 Å². The second-order valence-corrected chi connectivity index (χ2v) is 5.66. The van der Waals surface area contributed by atoms with Crippen molar-refractivity contribution < 1.29 is 4.74 Å². The number of pyridine rings is 1. The molecule has 2 aromatic rings. The molecule has 0 aromatic carbocycles. The third-order valence-corrected chi connectivity index (χ3v) is 4.09. The lowest BCUT2D eigenvalue weighted by atomic mass is 9.93. The number of ether oxygens (including phenoxy) is 1. The highest BCUT2D eigenvalue weighted by Gasteiger charge is 2.22. The van der Waals surface area contributed by atoms with Crippen LogP contribution in [0.4, 0.5) is 5.69 Å². The summed E-state index contributed by atoms with van der Waals surface area (Å²) in [7, 11) is 1.94. The molecule has 0 radical (unpaired) electrons. The SMILES string of the molecule is CC(Nc1cn(C)nc1-c1ccccn1)C1CCOCC1. The zero-order chi connectivity index (χ0) is 14.7. The fourth-order valence-corrected chi connectivity index (χ4v) is 2.87. The van der Waals surface area contributed by atoms with Gasteiger partial charge in [0.1, 0.15) is 5.69 Å². The van der Waals surface area contributed by atoms with Crippen LogP contribution in [0, 0.1) is 5.92 Å². The monoisotopic (exact) mass is 286 g/mol. The molecular formula is C16H22N4O. The third kappa shape index (κ3) is 3.24. The summed E-state index contributed by atoms with van der Waals surface area (Å²) in [6.07, 6.45) is 6.07. The van der Waals surface area contributed by atoms with Crippen LogP contribution >= 0.6 is 0 Å². The molecule has 0 amide bonds. The zero-order valence-corrected chi connectivity index (χ0v) is 12.6. The Morgan fingerprint density at radius 2 is 2.14 bits per heavy atom. The lowest BCUT2D eigenvalue weighted by Crippen LogP contribution is -2.31. The Morgan fingerprint density at radius 3 is 2.86 bits per heavy atom. The molecule has 0 saturated carbocycles. The van der Waals surface area contributed by atoms with Gasteiger partial charge in [-0.05, 0) is 37.8 Å². The molecule has 5 nitrogen and oxygen atoms in total. The van der Waals surface area contributed by atoms with Gasteiger partial charge < -0.3 is 10.1 Å². The van der Waals surface area contributed by atoms with Gasteiger partial charge in [0.05, 0.1) is 11.4 Å². The van der Waals surface area contributed by atoms with Gasteiger partial charge in [-0.15, -0.1) is 0 Å². The van der Waals surface area contributed by atoms with E-state index in [1.165, 1.54) is 0 Å². The van der Waals surface area contributed by atoms with Crippen molar-refractivity contribution in [2.45, 2.75) is 25.8 Å². The molecular weight excluding hydrogens is 264 g/mol. The number of nitrogens with zero attached hydrogens (tertiary/aromatic N) is 3. The van der Waals surface area contributed by atoms with Gasteiger partial charge >= 0.3 is 0 Å². The number of nitrogens with one attached hydrogen (secondary N) is 1. The van der Waals surface area contributed by atoms with Crippen LogP contribution in [-0.2, 0) is 11.8 Å². The Labute approximate surface area is 125 Å². The molecule has 1 aliphatic heterocycles. The van der Waals surface area contributed by atoms with E-state index in [1.807, 2.05) is 36.1 Å². The summed E-state index contributed by atoms with van der Waals surface area (Å²) in [5.41, 5.74) is 2.87. The van der Waals surface area contributed by atoms with Crippen LogP contribution in [0.1, 0.15) is 19.8 Å². The van der Waals surface area contributed by atoms with Crippen molar-refractivity contribution >= 4 is 5.69 Å². The van der Waals surface area contributed by atoms with Crippen molar-refractivity contribution in [3.8, 4) is 11.4 Å². The Kier molecular flexibility index (Phi) is 4.20. The van der Waals surface area contributed by atoms with Crippen molar-refractivity contribution in [3.05, 3.63) is 30.6 Å². The maximum Gasteiger partial charge on any atom is 0.134 e. The topological polar surface area (TPSA) is 52.0 Å². The Bertz CT molecular complexity index is 575. The van der Waals surface area contributed by atoms with Gasteiger partial charge in [-0.25, -0.2) is 0 Å². The summed E-state index contributed by atoms with van der Waals surface area (Å²) in [6, 6.07) is 6.31. The summed E-state index contributed by atoms with van der Waals surface area (Å²) in [5, 5.41) is 8.17. The van der Waals surface area contributed by atoms with Gasteiger partial charge in [-0.3, -0.25) is 9.67 Å². The molecule has 0 bridgehead atoms. The van der Waals surface area contributed by atoms with Crippen LogP contribution in [0.15, 0.2) is 30.6 Å². The highest BCUT2D eigenvalue weighted by molar-refractivity contribution is 5.71. The van der Waals surface area contributed by atoms with Crippen molar-refractivity contribution in [2.24, 2.45) is 13.0 Å². The fraction of sp³-hybridized carbons (Fsp3) is 0.500. The minimum atomic E-state index is 0.403. The Balaban J connectivity index is 1.79. The minimum Gasteiger partial charge on any atom is -0.381 e. The van der Waals surface area contributed by atoms with E-state index in [2.05, 4.69) is 22.3 Å². The minimum absolute atomic E-state index is 0.403. The number of aryl methyl sites for hydroxylation is 1. The van der Waals surface area contributed by atoms with Crippen LogP contribution in [0.25, 0.3) is 11.4 Å². The molecule has 1 saturated heterocycles. The molecule has 1 unspecified atom stereocenters. The molecule has 0 aliphatic carbocycles. The van der Waals surface area contributed by atoms with Gasteiger partial charge in [-0.2, -0.15) is 5.10 Å². The first-order chi connectivity index (χ1) is 10.2. The zero-order valence-electron chi connectivity index (χ0n) is 12.6. The van der Waals surface area contributed by atoms with Gasteiger partial charge in [-0.1, -0.05) is 6.07 Å². The number of hydrogen-bond donors (Lipinski definition) is 1. The highest BCUT2D eigenvalue weighted by atomic mass is 16.5. The molecule has 1 atom stereocenters. The van der Waals surface area contributed by atoms with E-state index < -0.39 is 0 Å². The average molecular weight is 286 g/mol. The second kappa shape index (κ2) is 6.26. The van der Waals surface area contributed by atoms with Crippen LogP contribution in [-0.4, -0.2) is 34.0 Å². The number of rotatable bonds is 4. The quantitative estimate of drug-likeness (QED) is 0.939. The Morgan fingerprint density at radius 1 is 1.33 bits per heavy atom. The van der Waals surface area contributed by atoms with Gasteiger partial charge in [0.25, 0.3) is 0 Å².